The molecule has 3 rings (SSSR count). The fourth-order valence-electron chi connectivity index (χ4n) is 2.39. The molecule has 1 aliphatic rings. The highest BCUT2D eigenvalue weighted by atomic mass is 35.5. The summed E-state index contributed by atoms with van der Waals surface area (Å²) >= 11 is 5.84. The highest BCUT2D eigenvalue weighted by Gasteiger charge is 2.61. The van der Waals surface area contributed by atoms with Crippen molar-refractivity contribution in [2.75, 3.05) is 0 Å². The number of halogens is 2. The summed E-state index contributed by atoms with van der Waals surface area (Å²) in [6.07, 6.45) is 5.65. The fourth-order valence-corrected chi connectivity index (χ4v) is 2.51. The van der Waals surface area contributed by atoms with Crippen LogP contribution in [0.1, 0.15) is 18.4 Å². The van der Waals surface area contributed by atoms with Crippen molar-refractivity contribution in [2.45, 2.75) is 30.7 Å². The van der Waals surface area contributed by atoms with Crippen LogP contribution in [0.2, 0.25) is 5.02 Å². The molecule has 1 unspecified atom stereocenters. The maximum Gasteiger partial charge on any atom is 0.145 e. The van der Waals surface area contributed by atoms with Gasteiger partial charge in [-0.3, -0.25) is 0 Å². The third-order valence-electron chi connectivity index (χ3n) is 3.72. The van der Waals surface area contributed by atoms with Crippen molar-refractivity contribution in [3.05, 3.63) is 53.6 Å². The van der Waals surface area contributed by atoms with Crippen molar-refractivity contribution < 1.29 is 9.50 Å². The van der Waals surface area contributed by atoms with Gasteiger partial charge in [0.25, 0.3) is 0 Å². The van der Waals surface area contributed by atoms with Gasteiger partial charge in [0.15, 0.2) is 0 Å². The minimum absolute atomic E-state index is 0.144. The molecule has 1 aromatic carbocycles. The van der Waals surface area contributed by atoms with E-state index < -0.39 is 11.3 Å². The molecule has 1 heterocycles. The Bertz CT molecular complexity index is 566. The van der Waals surface area contributed by atoms with Crippen molar-refractivity contribution in [1.82, 2.24) is 9.55 Å². The van der Waals surface area contributed by atoms with Gasteiger partial charge in [-0.25, -0.2) is 9.37 Å². The quantitative estimate of drug-likeness (QED) is 0.935. The number of hydrogen-bond donors (Lipinski definition) is 1. The van der Waals surface area contributed by atoms with E-state index in [0.717, 1.165) is 0 Å². The van der Waals surface area contributed by atoms with Gasteiger partial charge in [0.1, 0.15) is 11.3 Å². The van der Waals surface area contributed by atoms with Crippen LogP contribution in [0.5, 0.6) is 0 Å². The minimum Gasteiger partial charge on any atom is -0.380 e. The van der Waals surface area contributed by atoms with E-state index in [1.807, 2.05) is 0 Å². The second kappa shape index (κ2) is 4.32. The van der Waals surface area contributed by atoms with Gasteiger partial charge in [-0.1, -0.05) is 23.7 Å². The molecule has 3 nitrogen and oxygen atoms in total. The SMILES string of the molecule is OC(Cn1ccnc1)(c1ccc(Cl)cc1)C1(F)CC1. The second-order valence-electron chi connectivity index (χ2n) is 5.07. The lowest BCUT2D eigenvalue weighted by Crippen LogP contribution is -2.42. The molecule has 2 aromatic rings. The van der Waals surface area contributed by atoms with Crippen molar-refractivity contribution in [1.29, 1.82) is 0 Å². The Morgan fingerprint density at radius 1 is 1.37 bits per heavy atom. The maximum atomic E-state index is 14.6. The summed E-state index contributed by atoms with van der Waals surface area (Å²) < 4.78 is 16.3. The summed E-state index contributed by atoms with van der Waals surface area (Å²) in [5.74, 6) is 0. The summed E-state index contributed by atoms with van der Waals surface area (Å²) in [4.78, 5) is 3.92. The van der Waals surface area contributed by atoms with Gasteiger partial charge < -0.3 is 9.67 Å². The van der Waals surface area contributed by atoms with Gasteiger partial charge in [-0.15, -0.1) is 0 Å². The number of rotatable bonds is 4. The van der Waals surface area contributed by atoms with Crippen LogP contribution in [0.25, 0.3) is 0 Å². The number of imidazole rings is 1. The molecule has 0 radical (unpaired) electrons. The normalized spacial score (nSPS) is 19.9. The molecule has 1 N–H and O–H groups in total. The highest BCUT2D eigenvalue weighted by Crippen LogP contribution is 2.54. The molecule has 0 aliphatic heterocycles. The number of alkyl halides is 1. The van der Waals surface area contributed by atoms with Gasteiger partial charge in [0, 0.05) is 17.4 Å². The van der Waals surface area contributed by atoms with Crippen LogP contribution in [0.4, 0.5) is 4.39 Å². The van der Waals surface area contributed by atoms with E-state index in [0.29, 0.717) is 23.4 Å². The van der Waals surface area contributed by atoms with Gasteiger partial charge in [0.05, 0.1) is 12.9 Å². The Balaban J connectivity index is 1.99. The first-order valence-corrected chi connectivity index (χ1v) is 6.54. The fraction of sp³-hybridized carbons (Fsp3) is 0.357. The smallest absolute Gasteiger partial charge is 0.145 e. The Kier molecular flexibility index (Phi) is 2.87. The lowest BCUT2D eigenvalue weighted by Gasteiger charge is -2.32. The predicted molar refractivity (Wildman–Crippen MR) is 70.6 cm³/mol. The molecule has 1 saturated carbocycles. The second-order valence-corrected chi connectivity index (χ2v) is 5.50. The first-order chi connectivity index (χ1) is 9.03. The van der Waals surface area contributed by atoms with Crippen molar-refractivity contribution in [2.24, 2.45) is 0 Å². The molecular weight excluding hydrogens is 267 g/mol. The maximum absolute atomic E-state index is 14.6. The summed E-state index contributed by atoms with van der Waals surface area (Å²) in [7, 11) is 0. The molecular formula is C14H14ClFN2O. The first kappa shape index (κ1) is 12.6. The van der Waals surface area contributed by atoms with Crippen molar-refractivity contribution in [3.8, 4) is 0 Å². The minimum atomic E-state index is -1.56. The summed E-state index contributed by atoms with van der Waals surface area (Å²) in [5.41, 5.74) is -2.56. The van der Waals surface area contributed by atoms with E-state index >= 15 is 0 Å². The van der Waals surface area contributed by atoms with Crippen LogP contribution in [0.15, 0.2) is 43.0 Å². The van der Waals surface area contributed by atoms with Crippen LogP contribution in [-0.2, 0) is 12.1 Å². The lowest BCUT2D eigenvalue weighted by atomic mass is 9.87. The molecule has 1 aromatic heterocycles. The van der Waals surface area contributed by atoms with E-state index in [9.17, 15) is 9.50 Å². The van der Waals surface area contributed by atoms with Gasteiger partial charge in [0.2, 0.25) is 0 Å². The summed E-state index contributed by atoms with van der Waals surface area (Å²) in [6.45, 7) is 0.144. The number of hydrogen-bond acceptors (Lipinski definition) is 2. The topological polar surface area (TPSA) is 38.0 Å². The van der Waals surface area contributed by atoms with Crippen LogP contribution in [0.3, 0.4) is 0 Å². The zero-order valence-electron chi connectivity index (χ0n) is 10.3. The third kappa shape index (κ3) is 2.15. The monoisotopic (exact) mass is 280 g/mol. The lowest BCUT2D eigenvalue weighted by molar-refractivity contribution is -0.0696. The van der Waals surface area contributed by atoms with Gasteiger partial charge in [-0.05, 0) is 30.5 Å². The van der Waals surface area contributed by atoms with Crippen LogP contribution in [0, 0.1) is 0 Å². The summed E-state index contributed by atoms with van der Waals surface area (Å²) in [6, 6.07) is 6.70. The summed E-state index contributed by atoms with van der Waals surface area (Å²) in [5, 5.41) is 11.4. The van der Waals surface area contributed by atoms with E-state index in [4.69, 9.17) is 11.6 Å². The molecule has 0 amide bonds. The average molecular weight is 281 g/mol. The third-order valence-corrected chi connectivity index (χ3v) is 3.97. The first-order valence-electron chi connectivity index (χ1n) is 6.17. The number of benzene rings is 1. The Hall–Kier alpha value is -1.39. The zero-order chi connectivity index (χ0) is 13.5. The average Bonchev–Trinajstić information content (AvgIpc) is 2.95. The molecule has 100 valence electrons. The number of aliphatic hydroxyl groups is 1. The molecule has 0 bridgehead atoms. The number of aromatic nitrogens is 2. The highest BCUT2D eigenvalue weighted by molar-refractivity contribution is 6.30. The molecule has 19 heavy (non-hydrogen) atoms. The molecule has 1 aliphatic carbocycles. The molecule has 1 atom stereocenters. The van der Waals surface area contributed by atoms with Gasteiger partial charge in [-0.2, -0.15) is 0 Å². The van der Waals surface area contributed by atoms with E-state index in [-0.39, 0.29) is 6.54 Å². The standard InChI is InChI=1S/C14H14ClFN2O/c15-12-3-1-11(2-4-12)14(19,13(16)5-6-13)9-18-8-7-17-10-18/h1-4,7-8,10,19H,5-6,9H2. The van der Waals surface area contributed by atoms with Crippen LogP contribution in [-0.4, -0.2) is 20.3 Å². The predicted octanol–water partition coefficient (Wildman–Crippen LogP) is 2.93. The molecule has 0 saturated heterocycles. The van der Waals surface area contributed by atoms with Crippen LogP contribution >= 0.6 is 11.6 Å². The van der Waals surface area contributed by atoms with Crippen LogP contribution < -0.4 is 0 Å². The van der Waals surface area contributed by atoms with Gasteiger partial charge >= 0.3 is 0 Å². The Labute approximate surface area is 115 Å². The van der Waals surface area contributed by atoms with E-state index in [1.54, 1.807) is 47.6 Å². The van der Waals surface area contributed by atoms with Crippen molar-refractivity contribution >= 4 is 11.6 Å². The molecule has 0 spiro atoms. The largest absolute Gasteiger partial charge is 0.380 e. The Morgan fingerprint density at radius 3 is 2.58 bits per heavy atom. The van der Waals surface area contributed by atoms with Crippen molar-refractivity contribution in [3.63, 3.8) is 0 Å². The zero-order valence-corrected chi connectivity index (χ0v) is 11.0. The van der Waals surface area contributed by atoms with E-state index in [1.165, 1.54) is 0 Å². The molecule has 1 fully saturated rings. The Morgan fingerprint density at radius 2 is 2.05 bits per heavy atom. The van der Waals surface area contributed by atoms with E-state index in [2.05, 4.69) is 4.98 Å². The molecule has 5 heteroatoms. The number of nitrogens with zero attached hydrogens (tertiary/aromatic N) is 2.